The lowest BCUT2D eigenvalue weighted by atomic mass is 10.0. The third kappa shape index (κ3) is 14.4. The Bertz CT molecular complexity index is 540. The Morgan fingerprint density at radius 1 is 0.788 bits per heavy atom. The molecule has 0 aliphatic carbocycles. The molecular formula is C25H53N4O3P. The van der Waals surface area contributed by atoms with Gasteiger partial charge < -0.3 is 9.80 Å². The van der Waals surface area contributed by atoms with Gasteiger partial charge in [-0.2, -0.15) is 0 Å². The maximum absolute atomic E-state index is 12.2. The highest BCUT2D eigenvalue weighted by atomic mass is 31.2. The molecule has 196 valence electrons. The van der Waals surface area contributed by atoms with Crippen molar-refractivity contribution in [3.05, 3.63) is 0 Å². The van der Waals surface area contributed by atoms with E-state index >= 15 is 0 Å². The molecule has 0 aromatic carbocycles. The van der Waals surface area contributed by atoms with Crippen LogP contribution in [0.1, 0.15) is 122 Å². The van der Waals surface area contributed by atoms with Crippen molar-refractivity contribution in [1.82, 2.24) is 9.80 Å². The van der Waals surface area contributed by atoms with Crippen LogP contribution in [-0.2, 0) is 13.7 Å². The van der Waals surface area contributed by atoms with Gasteiger partial charge in [-0.05, 0) is 6.42 Å². The maximum Gasteiger partial charge on any atom is 0.473 e. The summed E-state index contributed by atoms with van der Waals surface area (Å²) < 4.78 is 25.7. The molecule has 0 saturated carbocycles. The standard InChI is InChI=1S/C25H53N4O3P/c1-4-5-6-7-8-9-10-11-12-13-14-15-16-17-18-19-20-21-22-29-24-23-28(2)25(29)27-33(30,31-3)32-26/h4-24,26H2,1-3H3/b27-25+. The Labute approximate surface area is 204 Å². The molecule has 1 fully saturated rings. The zero-order chi connectivity index (χ0) is 24.2. The lowest BCUT2D eigenvalue weighted by Gasteiger charge is -2.21. The van der Waals surface area contributed by atoms with Crippen LogP contribution >= 0.6 is 7.75 Å². The molecule has 0 amide bonds. The van der Waals surface area contributed by atoms with Crippen molar-refractivity contribution in [2.24, 2.45) is 10.7 Å². The summed E-state index contributed by atoms with van der Waals surface area (Å²) in [6.07, 6.45) is 24.8. The summed E-state index contributed by atoms with van der Waals surface area (Å²) in [5.74, 6) is 5.75. The van der Waals surface area contributed by atoms with Crippen LogP contribution < -0.4 is 5.90 Å². The number of nitrogens with two attached hydrogens (primary N) is 1. The maximum atomic E-state index is 12.2. The first-order valence-corrected chi connectivity index (χ1v) is 15.2. The fraction of sp³-hybridized carbons (Fsp3) is 0.960. The van der Waals surface area contributed by atoms with Crippen molar-refractivity contribution in [2.75, 3.05) is 33.8 Å². The van der Waals surface area contributed by atoms with Crippen LogP contribution in [0, 0.1) is 0 Å². The van der Waals surface area contributed by atoms with Crippen LogP contribution in [0.4, 0.5) is 0 Å². The lowest BCUT2D eigenvalue weighted by Crippen LogP contribution is -2.32. The molecule has 1 atom stereocenters. The molecule has 0 radical (unpaired) electrons. The van der Waals surface area contributed by atoms with E-state index in [2.05, 4.69) is 21.2 Å². The summed E-state index contributed by atoms with van der Waals surface area (Å²) in [6, 6.07) is 0. The van der Waals surface area contributed by atoms with Crippen molar-refractivity contribution in [3.8, 4) is 0 Å². The highest BCUT2D eigenvalue weighted by Crippen LogP contribution is 2.47. The molecule has 1 heterocycles. The van der Waals surface area contributed by atoms with Crippen molar-refractivity contribution in [2.45, 2.75) is 122 Å². The molecule has 33 heavy (non-hydrogen) atoms. The molecule has 0 aromatic rings. The Hall–Kier alpha value is -0.620. The predicted octanol–water partition coefficient (Wildman–Crippen LogP) is 7.28. The summed E-state index contributed by atoms with van der Waals surface area (Å²) in [6.45, 7) is 4.93. The van der Waals surface area contributed by atoms with E-state index in [1.165, 1.54) is 116 Å². The van der Waals surface area contributed by atoms with Crippen molar-refractivity contribution in [1.29, 1.82) is 0 Å². The normalized spacial score (nSPS) is 17.3. The molecule has 0 aromatic heterocycles. The van der Waals surface area contributed by atoms with E-state index in [1.807, 2.05) is 11.9 Å². The van der Waals surface area contributed by atoms with Gasteiger partial charge in [0.1, 0.15) is 0 Å². The highest BCUT2D eigenvalue weighted by molar-refractivity contribution is 7.52. The zero-order valence-electron chi connectivity index (χ0n) is 21.9. The van der Waals surface area contributed by atoms with Crippen LogP contribution in [0.5, 0.6) is 0 Å². The largest absolute Gasteiger partial charge is 0.473 e. The summed E-state index contributed by atoms with van der Waals surface area (Å²) in [4.78, 5) is 4.12. The second kappa shape index (κ2) is 19.7. The Morgan fingerprint density at radius 3 is 1.61 bits per heavy atom. The summed E-state index contributed by atoms with van der Waals surface area (Å²) in [5, 5.41) is 0. The summed E-state index contributed by atoms with van der Waals surface area (Å²) in [5.41, 5.74) is 0. The topological polar surface area (TPSA) is 80.4 Å². The molecule has 2 N–H and O–H groups in total. The second-order valence-corrected chi connectivity index (χ2v) is 11.3. The van der Waals surface area contributed by atoms with Gasteiger partial charge in [0.25, 0.3) is 0 Å². The quantitative estimate of drug-likeness (QED) is 0.0980. The zero-order valence-corrected chi connectivity index (χ0v) is 22.8. The monoisotopic (exact) mass is 488 g/mol. The SMILES string of the molecule is CCCCCCCCCCCCCCCCCCCCN1CCN(C)/C1=N\P(=O)(OC)ON. The van der Waals surface area contributed by atoms with E-state index < -0.39 is 7.75 Å². The molecule has 1 saturated heterocycles. The minimum atomic E-state index is -3.60. The molecule has 1 unspecified atom stereocenters. The van der Waals surface area contributed by atoms with Crippen molar-refractivity contribution >= 4 is 13.7 Å². The van der Waals surface area contributed by atoms with Crippen LogP contribution in [0.2, 0.25) is 0 Å². The minimum absolute atomic E-state index is 0.651. The molecule has 7 nitrogen and oxygen atoms in total. The van der Waals surface area contributed by atoms with Gasteiger partial charge in [0.15, 0.2) is 0 Å². The van der Waals surface area contributed by atoms with Gasteiger partial charge in [0, 0.05) is 33.8 Å². The van der Waals surface area contributed by atoms with E-state index in [9.17, 15) is 4.57 Å². The summed E-state index contributed by atoms with van der Waals surface area (Å²) >= 11 is 0. The molecule has 0 spiro atoms. The van der Waals surface area contributed by atoms with Crippen LogP contribution in [-0.4, -0.2) is 49.6 Å². The molecule has 0 bridgehead atoms. The third-order valence-electron chi connectivity index (χ3n) is 6.69. The Kier molecular flexibility index (Phi) is 18.1. The number of rotatable bonds is 22. The van der Waals surface area contributed by atoms with E-state index in [0.717, 1.165) is 26.1 Å². The van der Waals surface area contributed by atoms with E-state index in [1.54, 1.807) is 0 Å². The molecule has 1 aliphatic rings. The number of nitrogens with zero attached hydrogens (tertiary/aromatic N) is 3. The fourth-order valence-corrected chi connectivity index (χ4v) is 5.20. The highest BCUT2D eigenvalue weighted by Gasteiger charge is 2.29. The Balaban J connectivity index is 1.94. The minimum Gasteiger partial charge on any atom is -0.344 e. The number of unbranched alkanes of at least 4 members (excludes halogenated alkanes) is 17. The smallest absolute Gasteiger partial charge is 0.344 e. The van der Waals surface area contributed by atoms with Gasteiger partial charge in [0.05, 0.1) is 0 Å². The lowest BCUT2D eigenvalue weighted by molar-refractivity contribution is 0.239. The van der Waals surface area contributed by atoms with E-state index in [-0.39, 0.29) is 0 Å². The molecular weight excluding hydrogens is 435 g/mol. The van der Waals surface area contributed by atoms with Crippen LogP contribution in [0.3, 0.4) is 0 Å². The molecule has 1 aliphatic heterocycles. The number of hydrogen-bond acceptors (Lipinski definition) is 4. The van der Waals surface area contributed by atoms with Gasteiger partial charge in [0.2, 0.25) is 5.96 Å². The molecule has 8 heteroatoms. The van der Waals surface area contributed by atoms with Gasteiger partial charge in [-0.1, -0.05) is 116 Å². The van der Waals surface area contributed by atoms with Gasteiger partial charge in [-0.25, -0.2) is 15.1 Å². The number of likely N-dealkylation sites (N-methyl/N-ethyl adjacent to an activating group) is 1. The second-order valence-electron chi connectivity index (χ2n) is 9.58. The van der Waals surface area contributed by atoms with Gasteiger partial charge in [-0.3, -0.25) is 4.52 Å². The van der Waals surface area contributed by atoms with Crippen molar-refractivity contribution in [3.63, 3.8) is 0 Å². The predicted molar refractivity (Wildman–Crippen MR) is 140 cm³/mol. The van der Waals surface area contributed by atoms with Gasteiger partial charge in [-0.15, -0.1) is 4.76 Å². The third-order valence-corrected chi connectivity index (χ3v) is 7.84. The number of guanidine groups is 1. The average molecular weight is 489 g/mol. The average Bonchev–Trinajstić information content (AvgIpc) is 3.16. The summed E-state index contributed by atoms with van der Waals surface area (Å²) in [7, 11) is -0.366. The number of hydrogen-bond donors (Lipinski definition) is 1. The van der Waals surface area contributed by atoms with E-state index in [4.69, 9.17) is 10.4 Å². The Morgan fingerprint density at radius 2 is 1.21 bits per heavy atom. The van der Waals surface area contributed by atoms with Crippen molar-refractivity contribution < 1.29 is 13.7 Å². The van der Waals surface area contributed by atoms with Crippen LogP contribution in [0.25, 0.3) is 0 Å². The first kappa shape index (κ1) is 30.4. The van der Waals surface area contributed by atoms with Gasteiger partial charge >= 0.3 is 7.75 Å². The molecule has 1 rings (SSSR count). The fourth-order valence-electron chi connectivity index (χ4n) is 4.48. The first-order valence-electron chi connectivity index (χ1n) is 13.7. The van der Waals surface area contributed by atoms with E-state index in [0.29, 0.717) is 5.96 Å². The first-order chi connectivity index (χ1) is 16.1. The van der Waals surface area contributed by atoms with Crippen LogP contribution in [0.15, 0.2) is 4.76 Å².